The molecule has 1 aliphatic rings. The van der Waals surface area contributed by atoms with E-state index in [1.54, 1.807) is 0 Å². The van der Waals surface area contributed by atoms with Gasteiger partial charge in [0.05, 0.1) is 6.61 Å². The van der Waals surface area contributed by atoms with Crippen LogP contribution in [0.4, 0.5) is 5.82 Å². The molecule has 0 N–H and O–H groups in total. The minimum absolute atomic E-state index is 0.265. The van der Waals surface area contributed by atoms with E-state index in [-0.39, 0.29) is 5.38 Å². The number of piperidine rings is 1. The summed E-state index contributed by atoms with van der Waals surface area (Å²) >= 11 is 6.19. The van der Waals surface area contributed by atoms with Crippen molar-refractivity contribution in [2.24, 2.45) is 5.92 Å². The lowest BCUT2D eigenvalue weighted by molar-refractivity contribution is 0.314. The van der Waals surface area contributed by atoms with Crippen LogP contribution >= 0.6 is 11.6 Å². The van der Waals surface area contributed by atoms with E-state index < -0.39 is 0 Å². The van der Waals surface area contributed by atoms with Gasteiger partial charge in [0.25, 0.3) is 0 Å². The molecule has 1 aromatic heterocycles. The van der Waals surface area contributed by atoms with Crippen LogP contribution in [0.2, 0.25) is 0 Å². The van der Waals surface area contributed by atoms with Gasteiger partial charge in [0, 0.05) is 24.7 Å². The van der Waals surface area contributed by atoms with Gasteiger partial charge in [-0.1, -0.05) is 6.92 Å². The van der Waals surface area contributed by atoms with Crippen LogP contribution in [-0.2, 0) is 0 Å². The third-order valence-electron chi connectivity index (χ3n) is 3.70. The molecule has 1 saturated heterocycles. The summed E-state index contributed by atoms with van der Waals surface area (Å²) in [5.74, 6) is 2.51. The molecule has 19 heavy (non-hydrogen) atoms. The van der Waals surface area contributed by atoms with Crippen molar-refractivity contribution in [2.45, 2.75) is 38.5 Å². The van der Waals surface area contributed by atoms with Gasteiger partial charge in [-0.25, -0.2) is 4.98 Å². The number of halogens is 1. The highest BCUT2D eigenvalue weighted by atomic mass is 35.5. The average Bonchev–Trinajstić information content (AvgIpc) is 2.45. The number of nitrogens with zero attached hydrogens (tertiary/aromatic N) is 2. The normalized spacial score (nSPS) is 18.4. The summed E-state index contributed by atoms with van der Waals surface area (Å²) in [4.78, 5) is 6.81. The number of alkyl halides is 1. The second-order valence-corrected chi connectivity index (χ2v) is 5.86. The lowest BCUT2D eigenvalue weighted by Crippen LogP contribution is -2.36. The molecule has 0 bridgehead atoms. The van der Waals surface area contributed by atoms with Crippen LogP contribution in [0, 0.1) is 5.92 Å². The SMILES string of the molecule is CCCOc1cccnc1N1CCC(C(C)Cl)CC1. The zero-order valence-electron chi connectivity index (χ0n) is 11.8. The van der Waals surface area contributed by atoms with Crippen LogP contribution in [0.25, 0.3) is 0 Å². The van der Waals surface area contributed by atoms with Gasteiger partial charge in [-0.15, -0.1) is 11.6 Å². The first-order valence-electron chi connectivity index (χ1n) is 7.19. The molecule has 1 unspecified atom stereocenters. The van der Waals surface area contributed by atoms with Crippen LogP contribution in [0.1, 0.15) is 33.1 Å². The zero-order valence-corrected chi connectivity index (χ0v) is 12.6. The fraction of sp³-hybridized carbons (Fsp3) is 0.667. The molecule has 0 aliphatic carbocycles. The van der Waals surface area contributed by atoms with Crippen molar-refractivity contribution in [3.8, 4) is 5.75 Å². The van der Waals surface area contributed by atoms with Crippen molar-refractivity contribution >= 4 is 17.4 Å². The van der Waals surface area contributed by atoms with Gasteiger partial charge in [-0.2, -0.15) is 0 Å². The van der Waals surface area contributed by atoms with E-state index in [0.717, 1.165) is 50.5 Å². The predicted molar refractivity (Wildman–Crippen MR) is 80.3 cm³/mol. The standard InChI is InChI=1S/C15H23ClN2O/c1-3-11-19-14-5-4-8-17-15(14)18-9-6-13(7-10-18)12(2)16/h4-5,8,12-13H,3,6-7,9-11H2,1-2H3. The minimum atomic E-state index is 0.265. The number of ether oxygens (including phenoxy) is 1. The first-order valence-corrected chi connectivity index (χ1v) is 7.62. The van der Waals surface area contributed by atoms with E-state index in [1.807, 2.05) is 18.3 Å². The van der Waals surface area contributed by atoms with E-state index in [2.05, 4.69) is 23.7 Å². The van der Waals surface area contributed by atoms with E-state index in [9.17, 15) is 0 Å². The van der Waals surface area contributed by atoms with Crippen LogP contribution in [0.5, 0.6) is 5.75 Å². The highest BCUT2D eigenvalue weighted by molar-refractivity contribution is 6.20. The van der Waals surface area contributed by atoms with Crippen LogP contribution in [0.3, 0.4) is 0 Å². The summed E-state index contributed by atoms with van der Waals surface area (Å²) in [6, 6.07) is 3.94. The van der Waals surface area contributed by atoms with Crippen molar-refractivity contribution in [2.75, 3.05) is 24.6 Å². The lowest BCUT2D eigenvalue weighted by atomic mass is 9.94. The Bertz CT molecular complexity index is 389. The van der Waals surface area contributed by atoms with E-state index in [0.29, 0.717) is 5.92 Å². The largest absolute Gasteiger partial charge is 0.490 e. The van der Waals surface area contributed by atoms with Crippen molar-refractivity contribution in [3.63, 3.8) is 0 Å². The molecule has 0 aromatic carbocycles. The summed E-state index contributed by atoms with van der Waals surface area (Å²) in [6.45, 7) is 6.98. The third-order valence-corrected chi connectivity index (χ3v) is 4.06. The van der Waals surface area contributed by atoms with Gasteiger partial charge in [0.15, 0.2) is 11.6 Å². The summed E-state index contributed by atoms with van der Waals surface area (Å²) in [7, 11) is 0. The highest BCUT2D eigenvalue weighted by Gasteiger charge is 2.24. The summed E-state index contributed by atoms with van der Waals surface area (Å²) < 4.78 is 5.78. The quantitative estimate of drug-likeness (QED) is 0.770. The monoisotopic (exact) mass is 282 g/mol. The Labute approximate surface area is 120 Å². The molecule has 2 rings (SSSR count). The molecule has 0 amide bonds. The van der Waals surface area contributed by atoms with Crippen LogP contribution < -0.4 is 9.64 Å². The van der Waals surface area contributed by atoms with Gasteiger partial charge < -0.3 is 9.64 Å². The first-order chi connectivity index (χ1) is 9.22. The first kappa shape index (κ1) is 14.4. The van der Waals surface area contributed by atoms with Crippen molar-refractivity contribution in [1.29, 1.82) is 0 Å². The number of anilines is 1. The smallest absolute Gasteiger partial charge is 0.171 e. The second-order valence-electron chi connectivity index (χ2n) is 5.18. The fourth-order valence-electron chi connectivity index (χ4n) is 2.51. The van der Waals surface area contributed by atoms with Gasteiger partial charge in [-0.3, -0.25) is 0 Å². The van der Waals surface area contributed by atoms with Gasteiger partial charge in [0.2, 0.25) is 0 Å². The van der Waals surface area contributed by atoms with Gasteiger partial charge >= 0.3 is 0 Å². The topological polar surface area (TPSA) is 25.4 Å². The van der Waals surface area contributed by atoms with E-state index in [1.165, 1.54) is 0 Å². The Morgan fingerprint density at radius 3 is 2.84 bits per heavy atom. The molecule has 0 saturated carbocycles. The Kier molecular flexibility index (Phi) is 5.32. The molecular weight excluding hydrogens is 260 g/mol. The molecule has 1 aliphatic heterocycles. The zero-order chi connectivity index (χ0) is 13.7. The third kappa shape index (κ3) is 3.75. The minimum Gasteiger partial charge on any atom is -0.490 e. The van der Waals surface area contributed by atoms with Gasteiger partial charge in [0.1, 0.15) is 0 Å². The summed E-state index contributed by atoms with van der Waals surface area (Å²) in [5, 5.41) is 0.265. The number of pyridine rings is 1. The maximum Gasteiger partial charge on any atom is 0.171 e. The number of aromatic nitrogens is 1. The Balaban J connectivity index is 2.02. The molecule has 4 heteroatoms. The van der Waals surface area contributed by atoms with E-state index >= 15 is 0 Å². The molecule has 106 valence electrons. The molecule has 3 nitrogen and oxygen atoms in total. The second kappa shape index (κ2) is 6.99. The lowest BCUT2D eigenvalue weighted by Gasteiger charge is -2.34. The summed E-state index contributed by atoms with van der Waals surface area (Å²) in [6.07, 6.45) is 5.12. The highest BCUT2D eigenvalue weighted by Crippen LogP contribution is 2.31. The average molecular weight is 283 g/mol. The molecular formula is C15H23ClN2O. The van der Waals surface area contributed by atoms with Gasteiger partial charge in [-0.05, 0) is 44.2 Å². The van der Waals surface area contributed by atoms with Crippen molar-refractivity contribution < 1.29 is 4.74 Å². The molecule has 0 spiro atoms. The Morgan fingerprint density at radius 1 is 1.47 bits per heavy atom. The Morgan fingerprint density at radius 2 is 2.21 bits per heavy atom. The van der Waals surface area contributed by atoms with Crippen molar-refractivity contribution in [3.05, 3.63) is 18.3 Å². The Hall–Kier alpha value is -0.960. The van der Waals surface area contributed by atoms with Crippen molar-refractivity contribution in [1.82, 2.24) is 4.98 Å². The number of hydrogen-bond donors (Lipinski definition) is 0. The predicted octanol–water partition coefficient (Wildman–Crippen LogP) is 3.71. The maximum absolute atomic E-state index is 6.19. The molecule has 2 heterocycles. The maximum atomic E-state index is 6.19. The van der Waals surface area contributed by atoms with Crippen LogP contribution in [0.15, 0.2) is 18.3 Å². The number of hydrogen-bond acceptors (Lipinski definition) is 3. The molecule has 0 radical (unpaired) electrons. The van der Waals surface area contributed by atoms with E-state index in [4.69, 9.17) is 16.3 Å². The fourth-order valence-corrected chi connectivity index (χ4v) is 2.77. The van der Waals surface area contributed by atoms with Crippen LogP contribution in [-0.4, -0.2) is 30.1 Å². The number of rotatable bonds is 5. The molecule has 1 atom stereocenters. The molecule has 1 aromatic rings. The molecule has 1 fully saturated rings. The summed E-state index contributed by atoms with van der Waals surface area (Å²) in [5.41, 5.74) is 0.